The summed E-state index contributed by atoms with van der Waals surface area (Å²) in [6.45, 7) is 0. The van der Waals surface area contributed by atoms with E-state index < -0.39 is 0 Å². The Bertz CT molecular complexity index is 275. The molecule has 0 saturated carbocycles. The highest BCUT2D eigenvalue weighted by Gasteiger charge is 2.20. The van der Waals surface area contributed by atoms with Crippen LogP contribution in [0.1, 0.15) is 0 Å². The van der Waals surface area contributed by atoms with Crippen molar-refractivity contribution in [2.75, 3.05) is 0 Å². The van der Waals surface area contributed by atoms with Crippen molar-refractivity contribution in [3.8, 4) is 0 Å². The number of hydrogen-bond acceptors (Lipinski definition) is 3. The van der Waals surface area contributed by atoms with Gasteiger partial charge in [-0.05, 0) is 28.7 Å². The van der Waals surface area contributed by atoms with E-state index >= 15 is 0 Å². The third kappa shape index (κ3) is 0.828. The van der Waals surface area contributed by atoms with Gasteiger partial charge in [0.2, 0.25) is 0 Å². The lowest BCUT2D eigenvalue weighted by Gasteiger charge is -2.07. The van der Waals surface area contributed by atoms with Crippen LogP contribution in [0.2, 0.25) is 0 Å². The molecule has 3 nitrogen and oxygen atoms in total. The summed E-state index contributed by atoms with van der Waals surface area (Å²) >= 11 is 2.23. The van der Waals surface area contributed by atoms with Gasteiger partial charge in [0.25, 0.3) is 0 Å². The molecule has 0 N–H and O–H groups in total. The fourth-order valence-corrected chi connectivity index (χ4v) is 1.44. The molecule has 2 aliphatic rings. The number of allylic oxidation sites excluding steroid dienone is 1. The van der Waals surface area contributed by atoms with Gasteiger partial charge in [-0.2, -0.15) is 0 Å². The molecule has 0 bridgehead atoms. The first-order valence-electron chi connectivity index (χ1n) is 2.86. The van der Waals surface area contributed by atoms with Gasteiger partial charge in [0.15, 0.2) is 6.17 Å². The Kier molecular flexibility index (Phi) is 1.40. The number of fused-ring (bicyclic) bond motifs is 1. The molecule has 10 heavy (non-hydrogen) atoms. The average molecular weight is 245 g/mol. The molecule has 2 rings (SSSR count). The zero-order chi connectivity index (χ0) is 6.97. The van der Waals surface area contributed by atoms with Crippen LogP contribution in [0.15, 0.2) is 24.6 Å². The van der Waals surface area contributed by atoms with Crippen molar-refractivity contribution in [1.82, 2.24) is 0 Å². The smallest absolute Gasteiger partial charge is 0.184 e. The molecule has 2 heterocycles. The Balaban J connectivity index is 2.44. The summed E-state index contributed by atoms with van der Waals surface area (Å²) in [5.41, 5.74) is 0.975. The molecule has 4 heteroatoms. The molecule has 0 radical (unpaired) electrons. The predicted octanol–water partition coefficient (Wildman–Crippen LogP) is 1.20. The maximum Gasteiger partial charge on any atom is 0.184 e. The third-order valence-electron chi connectivity index (χ3n) is 1.34. The highest BCUT2D eigenvalue weighted by Crippen LogP contribution is 2.19. The molecular weight excluding hydrogens is 241 g/mol. The summed E-state index contributed by atoms with van der Waals surface area (Å²) in [5.74, 6) is 0. The van der Waals surface area contributed by atoms with Gasteiger partial charge in [0.05, 0.1) is 0 Å². The van der Waals surface area contributed by atoms with Crippen LogP contribution >= 0.6 is 22.6 Å². The van der Waals surface area contributed by atoms with E-state index in [2.05, 4.69) is 37.6 Å². The monoisotopic (exact) mass is 245 g/mol. The molecule has 50 valence electrons. The molecule has 0 aromatic heterocycles. The number of aliphatic imine (C=N–C) groups is 3. The van der Waals surface area contributed by atoms with Crippen LogP contribution in [0.5, 0.6) is 0 Å². The largest absolute Gasteiger partial charge is 0.260 e. The van der Waals surface area contributed by atoms with Crippen LogP contribution in [0.3, 0.4) is 0 Å². The van der Waals surface area contributed by atoms with Crippen LogP contribution in [0.25, 0.3) is 0 Å². The first kappa shape index (κ1) is 6.21. The van der Waals surface area contributed by atoms with Crippen molar-refractivity contribution in [3.63, 3.8) is 0 Å². The zero-order valence-electron chi connectivity index (χ0n) is 5.03. The van der Waals surface area contributed by atoms with Crippen LogP contribution < -0.4 is 0 Å². The van der Waals surface area contributed by atoms with Gasteiger partial charge < -0.3 is 0 Å². The Labute approximate surface area is 71.8 Å². The second-order valence-electron chi connectivity index (χ2n) is 1.97. The van der Waals surface area contributed by atoms with Crippen molar-refractivity contribution < 1.29 is 0 Å². The average Bonchev–Trinajstić information content (AvgIpc) is 2.36. The Morgan fingerprint density at radius 1 is 1.40 bits per heavy atom. The number of hydrogen-bond donors (Lipinski definition) is 0. The fourth-order valence-electron chi connectivity index (χ4n) is 0.865. The first-order valence-corrected chi connectivity index (χ1v) is 3.94. The standard InChI is InChI=1S/C6H4IN3/c7-4-1-2-8-6-5(4)9-3-10-6/h1-3,6H/t6-/m1/s1. The summed E-state index contributed by atoms with van der Waals surface area (Å²) in [7, 11) is 0. The van der Waals surface area contributed by atoms with Gasteiger partial charge in [-0.3, -0.25) is 4.99 Å². The lowest BCUT2D eigenvalue weighted by molar-refractivity contribution is 0.954. The van der Waals surface area contributed by atoms with Gasteiger partial charge in [-0.25, -0.2) is 9.98 Å². The van der Waals surface area contributed by atoms with Crippen molar-refractivity contribution in [2.24, 2.45) is 15.0 Å². The highest BCUT2D eigenvalue weighted by molar-refractivity contribution is 14.1. The molecule has 0 saturated heterocycles. The van der Waals surface area contributed by atoms with E-state index in [1.54, 1.807) is 12.6 Å². The summed E-state index contributed by atoms with van der Waals surface area (Å²) in [5, 5.41) is 0. The first-order chi connectivity index (χ1) is 4.88. The van der Waals surface area contributed by atoms with E-state index in [0.717, 1.165) is 9.29 Å². The van der Waals surface area contributed by atoms with Crippen LogP contribution in [0, 0.1) is 0 Å². The Morgan fingerprint density at radius 3 is 3.10 bits per heavy atom. The van der Waals surface area contributed by atoms with Crippen LogP contribution in [-0.4, -0.2) is 24.4 Å². The van der Waals surface area contributed by atoms with Gasteiger partial charge in [0.1, 0.15) is 12.1 Å². The lowest BCUT2D eigenvalue weighted by atomic mass is 10.2. The summed E-state index contributed by atoms with van der Waals surface area (Å²) < 4.78 is 1.13. The van der Waals surface area contributed by atoms with Crippen LogP contribution in [0.4, 0.5) is 0 Å². The highest BCUT2D eigenvalue weighted by atomic mass is 127. The minimum absolute atomic E-state index is 0.0445. The maximum absolute atomic E-state index is 4.11. The summed E-state index contributed by atoms with van der Waals surface area (Å²) in [6, 6.07) is 0. The second kappa shape index (κ2) is 2.26. The topological polar surface area (TPSA) is 37.1 Å². The molecular formula is C6H4IN3. The van der Waals surface area contributed by atoms with E-state index in [1.165, 1.54) is 0 Å². The molecule has 0 aliphatic carbocycles. The van der Waals surface area contributed by atoms with E-state index in [1.807, 2.05) is 6.08 Å². The van der Waals surface area contributed by atoms with E-state index in [0.29, 0.717) is 0 Å². The van der Waals surface area contributed by atoms with Gasteiger partial charge in [0, 0.05) is 9.79 Å². The zero-order valence-corrected chi connectivity index (χ0v) is 7.19. The molecule has 0 aromatic carbocycles. The predicted molar refractivity (Wildman–Crippen MR) is 50.3 cm³/mol. The van der Waals surface area contributed by atoms with Crippen LogP contribution in [-0.2, 0) is 0 Å². The molecule has 0 unspecified atom stereocenters. The fraction of sp³-hybridized carbons (Fsp3) is 0.167. The molecule has 0 aromatic rings. The van der Waals surface area contributed by atoms with Crippen molar-refractivity contribution >= 4 is 40.9 Å². The van der Waals surface area contributed by atoms with E-state index in [4.69, 9.17) is 0 Å². The normalized spacial score (nSPS) is 27.9. The number of nitrogens with zero attached hydrogens (tertiary/aromatic N) is 3. The molecule has 0 amide bonds. The van der Waals surface area contributed by atoms with Crippen molar-refractivity contribution in [2.45, 2.75) is 6.17 Å². The Morgan fingerprint density at radius 2 is 2.30 bits per heavy atom. The Hall–Kier alpha value is -0.520. The third-order valence-corrected chi connectivity index (χ3v) is 2.25. The maximum atomic E-state index is 4.11. The number of dihydropyridines is 1. The van der Waals surface area contributed by atoms with Gasteiger partial charge >= 0.3 is 0 Å². The second-order valence-corrected chi connectivity index (χ2v) is 3.13. The number of halogens is 1. The van der Waals surface area contributed by atoms with Crippen molar-refractivity contribution in [3.05, 3.63) is 9.66 Å². The lowest BCUT2D eigenvalue weighted by Crippen LogP contribution is -2.15. The SMILES string of the molecule is IC1=CC=N[C@@H]2N=CN=C12. The van der Waals surface area contributed by atoms with E-state index in [9.17, 15) is 0 Å². The van der Waals surface area contributed by atoms with Gasteiger partial charge in [-0.15, -0.1) is 0 Å². The number of rotatable bonds is 0. The summed E-state index contributed by atoms with van der Waals surface area (Å²) in [6.07, 6.45) is 5.23. The summed E-state index contributed by atoms with van der Waals surface area (Å²) in [4.78, 5) is 12.2. The minimum Gasteiger partial charge on any atom is -0.260 e. The molecule has 2 aliphatic heterocycles. The van der Waals surface area contributed by atoms with Gasteiger partial charge in [-0.1, -0.05) is 0 Å². The quantitative estimate of drug-likeness (QED) is 0.575. The minimum atomic E-state index is -0.0445. The molecule has 1 atom stereocenters. The van der Waals surface area contributed by atoms with Crippen molar-refractivity contribution in [1.29, 1.82) is 0 Å². The molecule has 0 fully saturated rings. The van der Waals surface area contributed by atoms with E-state index in [-0.39, 0.29) is 6.17 Å². The molecule has 0 spiro atoms.